The SMILES string of the molecule is CC(NC(=O)CN)c1cccc(Cl)c1Cl.Cl. The van der Waals surface area contributed by atoms with Crippen LogP contribution in [0.15, 0.2) is 18.2 Å². The summed E-state index contributed by atoms with van der Waals surface area (Å²) in [6, 6.07) is 5.10. The summed E-state index contributed by atoms with van der Waals surface area (Å²) in [6.07, 6.45) is 0. The molecule has 0 aliphatic rings. The van der Waals surface area contributed by atoms with Crippen molar-refractivity contribution in [3.8, 4) is 0 Å². The van der Waals surface area contributed by atoms with Crippen molar-refractivity contribution < 1.29 is 4.79 Å². The Morgan fingerprint density at radius 1 is 1.50 bits per heavy atom. The van der Waals surface area contributed by atoms with Gasteiger partial charge in [-0.15, -0.1) is 12.4 Å². The van der Waals surface area contributed by atoms with Crippen molar-refractivity contribution in [2.75, 3.05) is 6.54 Å². The van der Waals surface area contributed by atoms with Crippen LogP contribution in [0.3, 0.4) is 0 Å². The van der Waals surface area contributed by atoms with Gasteiger partial charge in [-0.3, -0.25) is 4.79 Å². The Morgan fingerprint density at radius 2 is 2.12 bits per heavy atom. The number of hydrogen-bond donors (Lipinski definition) is 2. The van der Waals surface area contributed by atoms with Gasteiger partial charge in [0.15, 0.2) is 0 Å². The Kier molecular flexibility index (Phi) is 6.76. The van der Waals surface area contributed by atoms with Crippen LogP contribution in [0.5, 0.6) is 0 Å². The van der Waals surface area contributed by atoms with E-state index in [0.717, 1.165) is 5.56 Å². The van der Waals surface area contributed by atoms with Crippen LogP contribution < -0.4 is 11.1 Å². The van der Waals surface area contributed by atoms with Crippen LogP contribution in [0, 0.1) is 0 Å². The fourth-order valence-corrected chi connectivity index (χ4v) is 1.70. The highest BCUT2D eigenvalue weighted by Gasteiger charge is 2.13. The van der Waals surface area contributed by atoms with Gasteiger partial charge < -0.3 is 11.1 Å². The fourth-order valence-electron chi connectivity index (χ4n) is 1.23. The van der Waals surface area contributed by atoms with E-state index < -0.39 is 0 Å². The summed E-state index contributed by atoms with van der Waals surface area (Å²) in [4.78, 5) is 11.1. The largest absolute Gasteiger partial charge is 0.348 e. The lowest BCUT2D eigenvalue weighted by atomic mass is 10.1. The van der Waals surface area contributed by atoms with Gasteiger partial charge in [-0.25, -0.2) is 0 Å². The highest BCUT2D eigenvalue weighted by atomic mass is 35.5. The van der Waals surface area contributed by atoms with Crippen molar-refractivity contribution in [3.05, 3.63) is 33.8 Å². The minimum absolute atomic E-state index is 0. The van der Waals surface area contributed by atoms with Gasteiger partial charge >= 0.3 is 0 Å². The molecule has 0 bridgehead atoms. The molecular weight excluding hydrogens is 270 g/mol. The lowest BCUT2D eigenvalue weighted by Crippen LogP contribution is -2.32. The molecule has 0 saturated carbocycles. The number of nitrogens with one attached hydrogen (secondary N) is 1. The fraction of sp³-hybridized carbons (Fsp3) is 0.300. The summed E-state index contributed by atoms with van der Waals surface area (Å²) in [5.74, 6) is -0.224. The molecule has 0 saturated heterocycles. The first-order valence-corrected chi connectivity index (χ1v) is 5.25. The van der Waals surface area contributed by atoms with E-state index in [1.807, 2.05) is 13.0 Å². The lowest BCUT2D eigenvalue weighted by Gasteiger charge is -2.15. The summed E-state index contributed by atoms with van der Waals surface area (Å²) in [5, 5.41) is 3.64. The first-order chi connectivity index (χ1) is 7.06. The molecule has 1 atom stereocenters. The molecule has 3 N–H and O–H groups in total. The van der Waals surface area contributed by atoms with E-state index in [4.69, 9.17) is 28.9 Å². The predicted octanol–water partition coefficient (Wildman–Crippen LogP) is 2.55. The van der Waals surface area contributed by atoms with E-state index in [-0.39, 0.29) is 30.9 Å². The Balaban J connectivity index is 0.00000225. The Morgan fingerprint density at radius 3 is 2.69 bits per heavy atom. The third kappa shape index (κ3) is 3.83. The molecular formula is C10H13Cl3N2O. The summed E-state index contributed by atoms with van der Waals surface area (Å²) < 4.78 is 0. The third-order valence-corrected chi connectivity index (χ3v) is 2.84. The summed E-state index contributed by atoms with van der Waals surface area (Å²) in [6.45, 7) is 1.79. The van der Waals surface area contributed by atoms with Crippen molar-refractivity contribution in [2.45, 2.75) is 13.0 Å². The number of benzene rings is 1. The highest BCUT2D eigenvalue weighted by molar-refractivity contribution is 6.42. The zero-order valence-electron chi connectivity index (χ0n) is 8.67. The molecule has 0 aliphatic heterocycles. The summed E-state index contributed by atoms with van der Waals surface area (Å²) >= 11 is 11.9. The molecule has 1 aromatic rings. The van der Waals surface area contributed by atoms with Gasteiger partial charge in [0.2, 0.25) is 5.91 Å². The number of amides is 1. The van der Waals surface area contributed by atoms with Crippen LogP contribution in [-0.4, -0.2) is 12.5 Å². The van der Waals surface area contributed by atoms with Gasteiger partial charge in [-0.2, -0.15) is 0 Å². The van der Waals surface area contributed by atoms with E-state index in [2.05, 4.69) is 5.32 Å². The van der Waals surface area contributed by atoms with Crippen molar-refractivity contribution in [3.63, 3.8) is 0 Å². The van der Waals surface area contributed by atoms with E-state index >= 15 is 0 Å². The molecule has 1 aromatic carbocycles. The zero-order chi connectivity index (χ0) is 11.4. The molecule has 0 heterocycles. The second kappa shape index (κ2) is 6.97. The number of carbonyl (C=O) groups excluding carboxylic acids is 1. The third-order valence-electron chi connectivity index (χ3n) is 2.01. The number of halogens is 3. The molecule has 0 fully saturated rings. The van der Waals surface area contributed by atoms with Gasteiger partial charge in [0, 0.05) is 0 Å². The Bertz CT molecular complexity index is 371. The van der Waals surface area contributed by atoms with E-state index in [0.29, 0.717) is 10.0 Å². The van der Waals surface area contributed by atoms with Gasteiger partial charge in [-0.05, 0) is 18.6 Å². The normalized spacial score (nSPS) is 11.5. The molecule has 3 nitrogen and oxygen atoms in total. The number of carbonyl (C=O) groups is 1. The first-order valence-electron chi connectivity index (χ1n) is 4.49. The van der Waals surface area contributed by atoms with Crippen LogP contribution in [0.2, 0.25) is 10.0 Å². The highest BCUT2D eigenvalue weighted by Crippen LogP contribution is 2.29. The molecule has 1 rings (SSSR count). The molecule has 1 amide bonds. The molecule has 1 unspecified atom stereocenters. The van der Waals surface area contributed by atoms with Crippen LogP contribution in [0.1, 0.15) is 18.5 Å². The van der Waals surface area contributed by atoms with Crippen molar-refractivity contribution in [1.82, 2.24) is 5.32 Å². The molecule has 0 spiro atoms. The predicted molar refractivity (Wildman–Crippen MR) is 69.3 cm³/mol. The Hall–Kier alpha value is -0.480. The molecule has 16 heavy (non-hydrogen) atoms. The maximum atomic E-state index is 11.1. The molecule has 0 aliphatic carbocycles. The van der Waals surface area contributed by atoms with Crippen molar-refractivity contribution in [1.29, 1.82) is 0 Å². The standard InChI is InChI=1S/C10H12Cl2N2O.ClH/c1-6(14-9(15)5-13)7-3-2-4-8(11)10(7)12;/h2-4,6H,5,13H2,1H3,(H,14,15);1H. The lowest BCUT2D eigenvalue weighted by molar-refractivity contribution is -0.120. The number of nitrogens with two attached hydrogens (primary N) is 1. The van der Waals surface area contributed by atoms with Crippen molar-refractivity contribution >= 4 is 41.5 Å². The molecule has 0 radical (unpaired) electrons. The van der Waals surface area contributed by atoms with Gasteiger partial charge in [0.1, 0.15) is 0 Å². The number of hydrogen-bond acceptors (Lipinski definition) is 2. The van der Waals surface area contributed by atoms with Crippen LogP contribution in [-0.2, 0) is 4.79 Å². The van der Waals surface area contributed by atoms with Gasteiger partial charge in [0.05, 0.1) is 22.6 Å². The number of rotatable bonds is 3. The molecule has 0 aromatic heterocycles. The zero-order valence-corrected chi connectivity index (χ0v) is 11.0. The second-order valence-electron chi connectivity index (χ2n) is 3.14. The van der Waals surface area contributed by atoms with Crippen LogP contribution in [0.4, 0.5) is 0 Å². The molecule has 90 valence electrons. The van der Waals surface area contributed by atoms with Crippen LogP contribution >= 0.6 is 35.6 Å². The monoisotopic (exact) mass is 282 g/mol. The van der Waals surface area contributed by atoms with Crippen molar-refractivity contribution in [2.24, 2.45) is 5.73 Å². The average Bonchev–Trinajstić information content (AvgIpc) is 2.21. The topological polar surface area (TPSA) is 55.1 Å². The first kappa shape index (κ1) is 15.5. The smallest absolute Gasteiger partial charge is 0.234 e. The van der Waals surface area contributed by atoms with E-state index in [1.54, 1.807) is 12.1 Å². The maximum absolute atomic E-state index is 11.1. The average molecular weight is 284 g/mol. The van der Waals surface area contributed by atoms with E-state index in [9.17, 15) is 4.79 Å². The van der Waals surface area contributed by atoms with Gasteiger partial charge in [-0.1, -0.05) is 35.3 Å². The minimum atomic E-state index is -0.224. The van der Waals surface area contributed by atoms with E-state index in [1.165, 1.54) is 0 Å². The summed E-state index contributed by atoms with van der Waals surface area (Å²) in [5.41, 5.74) is 5.98. The second-order valence-corrected chi connectivity index (χ2v) is 3.92. The van der Waals surface area contributed by atoms with Crippen LogP contribution in [0.25, 0.3) is 0 Å². The molecule has 6 heteroatoms. The Labute approximate surface area is 111 Å². The quantitative estimate of drug-likeness (QED) is 0.896. The summed E-state index contributed by atoms with van der Waals surface area (Å²) in [7, 11) is 0. The maximum Gasteiger partial charge on any atom is 0.234 e. The van der Waals surface area contributed by atoms with Gasteiger partial charge in [0.25, 0.3) is 0 Å². The minimum Gasteiger partial charge on any atom is -0.348 e.